The zero-order chi connectivity index (χ0) is 14.6. The second-order valence-corrected chi connectivity index (χ2v) is 6.66. The van der Waals surface area contributed by atoms with Crippen molar-refractivity contribution in [3.05, 3.63) is 5.92 Å². The van der Waals surface area contributed by atoms with E-state index in [2.05, 4.69) is 43.6 Å². The topological polar surface area (TPSA) is 9.23 Å². The minimum atomic E-state index is -0.0797. The van der Waals surface area contributed by atoms with E-state index < -0.39 is 0 Å². The molecule has 2 heteroatoms. The average Bonchev–Trinajstić information content (AvgIpc) is 2.39. The highest BCUT2D eigenvalue weighted by Gasteiger charge is 2.25. The summed E-state index contributed by atoms with van der Waals surface area (Å²) in [7, 11) is 0. The summed E-state index contributed by atoms with van der Waals surface area (Å²) >= 11 is 3.50. The van der Waals surface area contributed by atoms with E-state index in [-0.39, 0.29) is 5.60 Å². The molecule has 0 fully saturated rings. The molecule has 0 spiro atoms. The molecule has 0 saturated carbocycles. The number of hydrogen-bond acceptors (Lipinski definition) is 1. The number of alkyl halides is 1. The van der Waals surface area contributed by atoms with Gasteiger partial charge in [0.2, 0.25) is 0 Å². The fourth-order valence-electron chi connectivity index (χ4n) is 2.02. The molecule has 0 saturated heterocycles. The first-order valence-electron chi connectivity index (χ1n) is 8.07. The molecular formula is C17H34BrO. The summed E-state index contributed by atoms with van der Waals surface area (Å²) in [5.41, 5.74) is -0.0797. The lowest BCUT2D eigenvalue weighted by atomic mass is 9.94. The van der Waals surface area contributed by atoms with Gasteiger partial charge in [0.25, 0.3) is 0 Å². The minimum Gasteiger partial charge on any atom is -0.375 e. The normalized spacial score (nSPS) is 12.3. The van der Waals surface area contributed by atoms with E-state index in [1.807, 2.05) is 0 Å². The smallest absolute Gasteiger partial charge is 0.0694 e. The molecule has 115 valence electrons. The van der Waals surface area contributed by atoms with E-state index in [9.17, 15) is 0 Å². The Labute approximate surface area is 130 Å². The van der Waals surface area contributed by atoms with Crippen molar-refractivity contribution in [3.63, 3.8) is 0 Å². The Morgan fingerprint density at radius 3 is 1.84 bits per heavy atom. The molecule has 0 N–H and O–H groups in total. The SMILES string of the molecule is CCCCCCCCCCCOC(C)(C)[C](C)CBr. The predicted octanol–water partition coefficient (Wildman–Crippen LogP) is 6.30. The molecule has 0 bridgehead atoms. The van der Waals surface area contributed by atoms with Gasteiger partial charge in [-0.25, -0.2) is 0 Å². The van der Waals surface area contributed by atoms with Crippen molar-refractivity contribution < 1.29 is 4.74 Å². The van der Waals surface area contributed by atoms with Crippen LogP contribution in [0.5, 0.6) is 0 Å². The van der Waals surface area contributed by atoms with Crippen molar-refractivity contribution in [2.75, 3.05) is 11.9 Å². The summed E-state index contributed by atoms with van der Waals surface area (Å²) in [6, 6.07) is 0. The largest absolute Gasteiger partial charge is 0.375 e. The van der Waals surface area contributed by atoms with Crippen LogP contribution in [0, 0.1) is 5.92 Å². The summed E-state index contributed by atoms with van der Waals surface area (Å²) in [6.07, 6.45) is 12.3. The van der Waals surface area contributed by atoms with Crippen molar-refractivity contribution in [1.29, 1.82) is 0 Å². The molecule has 0 aliphatic carbocycles. The number of ether oxygens (including phenoxy) is 1. The first kappa shape index (κ1) is 19.4. The Morgan fingerprint density at radius 1 is 0.895 bits per heavy atom. The van der Waals surface area contributed by atoms with Crippen LogP contribution in [-0.4, -0.2) is 17.5 Å². The molecule has 0 heterocycles. The second-order valence-electron chi connectivity index (χ2n) is 6.10. The molecule has 0 aliphatic heterocycles. The highest BCUT2D eigenvalue weighted by atomic mass is 79.9. The number of unbranched alkanes of at least 4 members (excludes halogenated alkanes) is 8. The lowest BCUT2D eigenvalue weighted by Gasteiger charge is -2.30. The molecule has 0 aliphatic rings. The van der Waals surface area contributed by atoms with Crippen LogP contribution in [0.2, 0.25) is 0 Å². The number of hydrogen-bond donors (Lipinski definition) is 0. The molecule has 0 aromatic rings. The van der Waals surface area contributed by atoms with Gasteiger partial charge in [-0.05, 0) is 20.3 Å². The van der Waals surface area contributed by atoms with E-state index in [1.165, 1.54) is 63.7 Å². The van der Waals surface area contributed by atoms with Gasteiger partial charge in [0.1, 0.15) is 0 Å². The van der Waals surface area contributed by atoms with Gasteiger partial charge in [-0.3, -0.25) is 0 Å². The summed E-state index contributed by atoms with van der Waals surface area (Å²) < 4.78 is 5.97. The number of rotatable bonds is 13. The predicted molar refractivity (Wildman–Crippen MR) is 90.0 cm³/mol. The third-order valence-corrected chi connectivity index (χ3v) is 4.78. The van der Waals surface area contributed by atoms with Crippen LogP contribution >= 0.6 is 15.9 Å². The van der Waals surface area contributed by atoms with Gasteiger partial charge in [-0.1, -0.05) is 81.1 Å². The van der Waals surface area contributed by atoms with Gasteiger partial charge in [-0.15, -0.1) is 0 Å². The van der Waals surface area contributed by atoms with E-state index in [0.29, 0.717) is 0 Å². The second kappa shape index (κ2) is 12.2. The van der Waals surface area contributed by atoms with Crippen LogP contribution in [-0.2, 0) is 4.74 Å². The maximum atomic E-state index is 5.97. The van der Waals surface area contributed by atoms with Crippen molar-refractivity contribution in [2.24, 2.45) is 0 Å². The third kappa shape index (κ3) is 10.8. The Balaban J connectivity index is 3.31. The molecule has 0 aromatic heterocycles. The zero-order valence-corrected chi connectivity index (χ0v) is 15.2. The van der Waals surface area contributed by atoms with Crippen LogP contribution in [0.25, 0.3) is 0 Å². The van der Waals surface area contributed by atoms with Gasteiger partial charge >= 0.3 is 0 Å². The molecule has 0 aromatic carbocycles. The quantitative estimate of drug-likeness (QED) is 0.284. The van der Waals surface area contributed by atoms with Gasteiger partial charge in [0.05, 0.1) is 5.60 Å². The van der Waals surface area contributed by atoms with Crippen molar-refractivity contribution in [1.82, 2.24) is 0 Å². The van der Waals surface area contributed by atoms with E-state index in [0.717, 1.165) is 11.9 Å². The molecule has 0 unspecified atom stereocenters. The van der Waals surface area contributed by atoms with Gasteiger partial charge in [-0.2, -0.15) is 0 Å². The van der Waals surface area contributed by atoms with Crippen LogP contribution in [0.15, 0.2) is 0 Å². The Kier molecular flexibility index (Phi) is 12.5. The van der Waals surface area contributed by atoms with Crippen molar-refractivity contribution in [2.45, 2.75) is 91.1 Å². The monoisotopic (exact) mass is 333 g/mol. The summed E-state index contributed by atoms with van der Waals surface area (Å²) in [5.74, 6) is 1.36. The first-order valence-corrected chi connectivity index (χ1v) is 9.19. The Hall–Kier alpha value is 0.440. The molecule has 0 amide bonds. The average molecular weight is 334 g/mol. The molecule has 1 nitrogen and oxygen atoms in total. The van der Waals surface area contributed by atoms with Crippen LogP contribution < -0.4 is 0 Å². The summed E-state index contributed by atoms with van der Waals surface area (Å²) in [5, 5.41) is 0.928. The van der Waals surface area contributed by atoms with Crippen molar-refractivity contribution >= 4 is 15.9 Å². The summed E-state index contributed by atoms with van der Waals surface area (Å²) in [6.45, 7) is 9.66. The molecular weight excluding hydrogens is 300 g/mol. The van der Waals surface area contributed by atoms with E-state index in [1.54, 1.807) is 0 Å². The molecule has 19 heavy (non-hydrogen) atoms. The Bertz CT molecular complexity index is 192. The Morgan fingerprint density at radius 2 is 1.37 bits per heavy atom. The van der Waals surface area contributed by atoms with Crippen LogP contribution in [0.3, 0.4) is 0 Å². The highest BCUT2D eigenvalue weighted by Crippen LogP contribution is 2.25. The van der Waals surface area contributed by atoms with Crippen LogP contribution in [0.4, 0.5) is 0 Å². The van der Waals surface area contributed by atoms with Gasteiger partial charge < -0.3 is 4.74 Å². The lowest BCUT2D eigenvalue weighted by molar-refractivity contribution is -0.00615. The maximum Gasteiger partial charge on any atom is 0.0694 e. The van der Waals surface area contributed by atoms with Crippen LogP contribution in [0.1, 0.15) is 85.5 Å². The third-order valence-electron chi connectivity index (χ3n) is 3.94. The van der Waals surface area contributed by atoms with E-state index >= 15 is 0 Å². The fourth-order valence-corrected chi connectivity index (χ4v) is 2.70. The fraction of sp³-hybridized carbons (Fsp3) is 0.941. The lowest BCUT2D eigenvalue weighted by Crippen LogP contribution is -2.32. The summed E-state index contributed by atoms with van der Waals surface area (Å²) in [4.78, 5) is 0. The zero-order valence-electron chi connectivity index (χ0n) is 13.6. The van der Waals surface area contributed by atoms with E-state index in [4.69, 9.17) is 4.74 Å². The maximum absolute atomic E-state index is 5.97. The van der Waals surface area contributed by atoms with Crippen molar-refractivity contribution in [3.8, 4) is 0 Å². The number of halogens is 1. The molecule has 0 atom stereocenters. The van der Waals surface area contributed by atoms with Gasteiger partial charge in [0.15, 0.2) is 0 Å². The molecule has 0 rings (SSSR count). The minimum absolute atomic E-state index is 0.0797. The first-order chi connectivity index (χ1) is 9.04. The highest BCUT2D eigenvalue weighted by molar-refractivity contribution is 9.09. The standard InChI is InChI=1S/C17H34BrO/c1-5-6-7-8-9-10-11-12-13-14-19-17(3,4)16(2)15-18/h5-15H2,1-4H3. The van der Waals surface area contributed by atoms with Gasteiger partial charge in [0, 0.05) is 17.9 Å². The molecule has 1 radical (unpaired) electrons.